The summed E-state index contributed by atoms with van der Waals surface area (Å²) in [7, 11) is 3.65. The molecule has 0 radical (unpaired) electrons. The molecule has 1 aromatic heterocycles. The number of rotatable bonds is 6. The summed E-state index contributed by atoms with van der Waals surface area (Å²) < 4.78 is 13.4. The Balaban J connectivity index is 1.89. The normalized spacial score (nSPS) is 11.5. The van der Waals surface area contributed by atoms with Gasteiger partial charge in [0.2, 0.25) is 0 Å². The van der Waals surface area contributed by atoms with Crippen LogP contribution in [0, 0.1) is 0 Å². The van der Waals surface area contributed by atoms with Crippen LogP contribution in [-0.2, 0) is 13.7 Å². The van der Waals surface area contributed by atoms with E-state index in [1.165, 1.54) is 16.5 Å². The van der Waals surface area contributed by atoms with E-state index in [-0.39, 0.29) is 0 Å². The fourth-order valence-corrected chi connectivity index (χ4v) is 3.19. The number of aryl methyl sites for hydroxylation is 1. The van der Waals surface area contributed by atoms with E-state index in [2.05, 4.69) is 63.3 Å². The van der Waals surface area contributed by atoms with Gasteiger partial charge in [0.05, 0.1) is 12.6 Å². The Labute approximate surface area is 155 Å². The van der Waals surface area contributed by atoms with E-state index in [0.717, 1.165) is 22.6 Å². The highest BCUT2D eigenvalue weighted by Gasteiger charge is 2.12. The lowest BCUT2D eigenvalue weighted by atomic mass is 9.97. The Kier molecular flexibility index (Phi) is 5.21. The van der Waals surface area contributed by atoms with Gasteiger partial charge in [0, 0.05) is 24.7 Å². The topological polar surface area (TPSA) is 36.3 Å². The van der Waals surface area contributed by atoms with Gasteiger partial charge in [-0.2, -0.15) is 5.10 Å². The first-order chi connectivity index (χ1) is 12.4. The number of benzene rings is 2. The van der Waals surface area contributed by atoms with Crippen molar-refractivity contribution < 1.29 is 9.47 Å². The minimum atomic E-state index is 0.421. The third-order valence-corrected chi connectivity index (χ3v) is 4.66. The first-order valence-electron chi connectivity index (χ1n) is 9.15. The van der Waals surface area contributed by atoms with Gasteiger partial charge in [-0.1, -0.05) is 33.8 Å². The Morgan fingerprint density at radius 2 is 1.69 bits per heavy atom. The van der Waals surface area contributed by atoms with Crippen LogP contribution in [0.3, 0.4) is 0 Å². The maximum atomic E-state index is 6.10. The summed E-state index contributed by atoms with van der Waals surface area (Å²) in [5.74, 6) is 2.52. The van der Waals surface area contributed by atoms with Crippen LogP contribution in [-0.4, -0.2) is 16.9 Å². The molecule has 0 aliphatic rings. The Morgan fingerprint density at radius 3 is 2.35 bits per heavy atom. The Bertz CT molecular complexity index is 910. The first-order valence-corrected chi connectivity index (χ1v) is 9.15. The molecule has 0 N–H and O–H groups in total. The zero-order chi connectivity index (χ0) is 18.8. The van der Waals surface area contributed by atoms with Gasteiger partial charge in [-0.3, -0.25) is 4.68 Å². The van der Waals surface area contributed by atoms with Crippen LogP contribution in [0.25, 0.3) is 10.9 Å². The summed E-state index contributed by atoms with van der Waals surface area (Å²) in [6.45, 7) is 9.27. The van der Waals surface area contributed by atoms with Crippen LogP contribution in [0.2, 0.25) is 0 Å². The molecule has 1 heterocycles. The lowest BCUT2D eigenvalue weighted by Gasteiger charge is -2.14. The molecule has 0 spiro atoms. The second-order valence-corrected chi connectivity index (χ2v) is 7.46. The third-order valence-electron chi connectivity index (χ3n) is 4.66. The number of aromatic nitrogens is 2. The SMILES string of the molecule is COc1cc(OCc2cc(C(C)C)c3cn(C)nc3c2)cc(C(C)C)c1. The van der Waals surface area contributed by atoms with Crippen LogP contribution in [0.15, 0.2) is 36.5 Å². The number of fused-ring (bicyclic) bond motifs is 1. The second-order valence-electron chi connectivity index (χ2n) is 7.46. The highest BCUT2D eigenvalue weighted by molar-refractivity contribution is 5.83. The van der Waals surface area contributed by atoms with Crippen LogP contribution in [0.4, 0.5) is 0 Å². The van der Waals surface area contributed by atoms with Crippen molar-refractivity contribution in [2.24, 2.45) is 7.05 Å². The van der Waals surface area contributed by atoms with Crippen LogP contribution >= 0.6 is 0 Å². The highest BCUT2D eigenvalue weighted by atomic mass is 16.5. The molecule has 0 aliphatic heterocycles. The van der Waals surface area contributed by atoms with Crippen molar-refractivity contribution in [2.45, 2.75) is 46.1 Å². The Hall–Kier alpha value is -2.49. The van der Waals surface area contributed by atoms with Crippen LogP contribution < -0.4 is 9.47 Å². The van der Waals surface area contributed by atoms with Crippen molar-refractivity contribution in [1.29, 1.82) is 0 Å². The largest absolute Gasteiger partial charge is 0.497 e. The van der Waals surface area contributed by atoms with Crippen LogP contribution in [0.1, 0.15) is 56.2 Å². The minimum absolute atomic E-state index is 0.421. The lowest BCUT2D eigenvalue weighted by molar-refractivity contribution is 0.303. The molecule has 4 nitrogen and oxygen atoms in total. The van der Waals surface area contributed by atoms with Crippen molar-refractivity contribution in [3.8, 4) is 11.5 Å². The number of ether oxygens (including phenoxy) is 2. The molecule has 0 amide bonds. The van der Waals surface area contributed by atoms with E-state index in [4.69, 9.17) is 9.47 Å². The van der Waals surface area contributed by atoms with Crippen molar-refractivity contribution in [3.63, 3.8) is 0 Å². The molecule has 4 heteroatoms. The predicted molar refractivity (Wildman–Crippen MR) is 106 cm³/mol. The zero-order valence-electron chi connectivity index (χ0n) is 16.5. The van der Waals surface area contributed by atoms with Gasteiger partial charge < -0.3 is 9.47 Å². The van der Waals surface area contributed by atoms with E-state index in [1.54, 1.807) is 7.11 Å². The molecule has 0 saturated carbocycles. The average molecular weight is 352 g/mol. The van der Waals surface area contributed by atoms with Gasteiger partial charge in [-0.25, -0.2) is 0 Å². The van der Waals surface area contributed by atoms with Gasteiger partial charge in [0.15, 0.2) is 0 Å². The summed E-state index contributed by atoms with van der Waals surface area (Å²) in [5.41, 5.74) is 4.67. The summed E-state index contributed by atoms with van der Waals surface area (Å²) in [4.78, 5) is 0. The number of hydrogen-bond acceptors (Lipinski definition) is 3. The van der Waals surface area contributed by atoms with Crippen LogP contribution in [0.5, 0.6) is 11.5 Å². The molecule has 0 saturated heterocycles. The smallest absolute Gasteiger partial charge is 0.123 e. The van der Waals surface area contributed by atoms with Crippen molar-refractivity contribution in [3.05, 3.63) is 53.2 Å². The first kappa shape index (κ1) is 18.3. The second kappa shape index (κ2) is 7.40. The van der Waals surface area contributed by atoms with E-state index >= 15 is 0 Å². The molecule has 2 aromatic carbocycles. The fourth-order valence-electron chi connectivity index (χ4n) is 3.19. The molecule has 0 bridgehead atoms. The minimum Gasteiger partial charge on any atom is -0.497 e. The van der Waals surface area contributed by atoms with Crippen molar-refractivity contribution in [1.82, 2.24) is 9.78 Å². The molecule has 0 aliphatic carbocycles. The van der Waals surface area contributed by atoms with Gasteiger partial charge in [-0.05, 0) is 46.7 Å². The summed E-state index contributed by atoms with van der Waals surface area (Å²) in [5, 5.41) is 5.79. The molecular formula is C22H28N2O2. The molecule has 26 heavy (non-hydrogen) atoms. The molecule has 3 rings (SSSR count). The fraction of sp³-hybridized carbons (Fsp3) is 0.409. The molecule has 0 unspecified atom stereocenters. The summed E-state index contributed by atoms with van der Waals surface area (Å²) >= 11 is 0. The number of hydrogen-bond donors (Lipinski definition) is 0. The monoisotopic (exact) mass is 352 g/mol. The molecule has 138 valence electrons. The van der Waals surface area contributed by atoms with E-state index in [9.17, 15) is 0 Å². The quantitative estimate of drug-likeness (QED) is 0.595. The maximum absolute atomic E-state index is 6.10. The molecule has 0 fully saturated rings. The Morgan fingerprint density at radius 1 is 0.962 bits per heavy atom. The van der Waals surface area contributed by atoms with Crippen molar-refractivity contribution >= 4 is 10.9 Å². The summed E-state index contributed by atoms with van der Waals surface area (Å²) in [6, 6.07) is 10.4. The summed E-state index contributed by atoms with van der Waals surface area (Å²) in [6.07, 6.45) is 2.09. The van der Waals surface area contributed by atoms with E-state index < -0.39 is 0 Å². The van der Waals surface area contributed by atoms with Gasteiger partial charge in [-0.15, -0.1) is 0 Å². The van der Waals surface area contributed by atoms with E-state index in [1.807, 2.05) is 17.8 Å². The molecule has 0 atom stereocenters. The highest BCUT2D eigenvalue weighted by Crippen LogP contribution is 2.30. The lowest BCUT2D eigenvalue weighted by Crippen LogP contribution is -2.00. The number of methoxy groups -OCH3 is 1. The maximum Gasteiger partial charge on any atom is 0.123 e. The van der Waals surface area contributed by atoms with Crippen molar-refractivity contribution in [2.75, 3.05) is 7.11 Å². The molecular weight excluding hydrogens is 324 g/mol. The molecule has 3 aromatic rings. The number of nitrogens with zero attached hydrogens (tertiary/aromatic N) is 2. The standard InChI is InChI=1S/C22H28N2O2/c1-14(2)17-9-18(25-6)11-19(10-17)26-13-16-7-20(15(3)4)21-12-24(5)23-22(21)8-16/h7-12,14-15H,13H2,1-6H3. The van der Waals surface area contributed by atoms with E-state index in [0.29, 0.717) is 18.4 Å². The van der Waals surface area contributed by atoms with Gasteiger partial charge in [0.25, 0.3) is 0 Å². The predicted octanol–water partition coefficient (Wildman–Crippen LogP) is 5.41. The third kappa shape index (κ3) is 3.85. The average Bonchev–Trinajstić information content (AvgIpc) is 2.98. The zero-order valence-corrected chi connectivity index (χ0v) is 16.5. The van der Waals surface area contributed by atoms with Gasteiger partial charge >= 0.3 is 0 Å². The van der Waals surface area contributed by atoms with Gasteiger partial charge in [0.1, 0.15) is 18.1 Å².